The van der Waals surface area contributed by atoms with Gasteiger partial charge in [-0.1, -0.05) is 12.1 Å². The van der Waals surface area contributed by atoms with E-state index in [1.807, 2.05) is 12.1 Å². The van der Waals surface area contributed by atoms with Crippen molar-refractivity contribution in [1.82, 2.24) is 10.2 Å². The fraction of sp³-hybridized carbons (Fsp3) is 0.562. The van der Waals surface area contributed by atoms with Gasteiger partial charge in [0.2, 0.25) is 0 Å². The Balaban J connectivity index is 1.93. The van der Waals surface area contributed by atoms with Gasteiger partial charge in [-0.05, 0) is 56.8 Å². The molecule has 1 aromatic carbocycles. The fourth-order valence-corrected chi connectivity index (χ4v) is 3.44. The zero-order chi connectivity index (χ0) is 13.4. The molecule has 102 valence electrons. The van der Waals surface area contributed by atoms with Crippen molar-refractivity contribution in [2.75, 3.05) is 13.1 Å². The van der Waals surface area contributed by atoms with Crippen molar-refractivity contribution >= 4 is 5.91 Å². The summed E-state index contributed by atoms with van der Waals surface area (Å²) in [5.74, 6) is 0.234. The number of hydrogen-bond acceptors (Lipinski definition) is 2. The van der Waals surface area contributed by atoms with E-state index in [1.54, 1.807) is 0 Å². The van der Waals surface area contributed by atoms with E-state index in [0.29, 0.717) is 12.1 Å². The Hall–Kier alpha value is -1.35. The van der Waals surface area contributed by atoms with E-state index in [9.17, 15) is 4.79 Å². The predicted octanol–water partition coefficient (Wildman–Crippen LogP) is 2.27. The van der Waals surface area contributed by atoms with Crippen molar-refractivity contribution in [1.29, 1.82) is 0 Å². The second kappa shape index (κ2) is 4.97. The van der Waals surface area contributed by atoms with Gasteiger partial charge >= 0.3 is 0 Å². The first-order valence-corrected chi connectivity index (χ1v) is 7.28. The average Bonchev–Trinajstić information content (AvgIpc) is 2.65. The zero-order valence-electron chi connectivity index (χ0n) is 11.8. The Morgan fingerprint density at radius 2 is 2.00 bits per heavy atom. The lowest BCUT2D eigenvalue weighted by Gasteiger charge is -2.28. The zero-order valence-corrected chi connectivity index (χ0v) is 11.8. The van der Waals surface area contributed by atoms with Crippen LogP contribution in [0.2, 0.25) is 0 Å². The normalized spacial score (nSPS) is 26.3. The Bertz CT molecular complexity index is 484. The van der Waals surface area contributed by atoms with Crippen LogP contribution in [0, 0.1) is 13.8 Å². The molecule has 0 aliphatic carbocycles. The Morgan fingerprint density at radius 1 is 1.21 bits per heavy atom. The molecule has 2 atom stereocenters. The van der Waals surface area contributed by atoms with E-state index < -0.39 is 0 Å². The molecule has 0 saturated carbocycles. The fourth-order valence-electron chi connectivity index (χ4n) is 3.44. The summed E-state index contributed by atoms with van der Waals surface area (Å²) >= 11 is 0. The Kier molecular flexibility index (Phi) is 3.31. The van der Waals surface area contributed by atoms with E-state index in [1.165, 1.54) is 12.0 Å². The number of carbonyl (C=O) groups excluding carboxylic acids is 1. The predicted molar refractivity (Wildman–Crippen MR) is 76.4 cm³/mol. The number of nitrogens with one attached hydrogen (secondary N) is 1. The second-order valence-corrected chi connectivity index (χ2v) is 5.84. The first kappa shape index (κ1) is 12.7. The third kappa shape index (κ3) is 2.16. The summed E-state index contributed by atoms with van der Waals surface area (Å²) in [6.07, 6.45) is 3.41. The molecule has 0 aromatic heterocycles. The van der Waals surface area contributed by atoms with Crippen molar-refractivity contribution in [2.45, 2.75) is 45.2 Å². The highest BCUT2D eigenvalue weighted by atomic mass is 16.2. The second-order valence-electron chi connectivity index (χ2n) is 5.84. The van der Waals surface area contributed by atoms with Gasteiger partial charge in [0.05, 0.1) is 0 Å². The SMILES string of the molecule is Cc1cccc(C(=O)N2C3CCNCC2CC3)c1C. The molecule has 3 heteroatoms. The maximum absolute atomic E-state index is 12.9. The number of aryl methyl sites for hydroxylation is 1. The number of benzene rings is 1. The first-order chi connectivity index (χ1) is 9.18. The van der Waals surface area contributed by atoms with Crippen molar-refractivity contribution in [3.05, 3.63) is 34.9 Å². The van der Waals surface area contributed by atoms with Gasteiger partial charge in [0.1, 0.15) is 0 Å². The molecule has 2 bridgehead atoms. The smallest absolute Gasteiger partial charge is 0.254 e. The van der Waals surface area contributed by atoms with Gasteiger partial charge in [-0.15, -0.1) is 0 Å². The van der Waals surface area contributed by atoms with Crippen LogP contribution < -0.4 is 5.32 Å². The van der Waals surface area contributed by atoms with Gasteiger partial charge in [-0.3, -0.25) is 4.79 Å². The van der Waals surface area contributed by atoms with Gasteiger partial charge in [0.25, 0.3) is 5.91 Å². The summed E-state index contributed by atoms with van der Waals surface area (Å²) in [5, 5.41) is 3.45. The van der Waals surface area contributed by atoms with E-state index >= 15 is 0 Å². The van der Waals surface area contributed by atoms with Crippen molar-refractivity contribution in [3.63, 3.8) is 0 Å². The number of amides is 1. The first-order valence-electron chi connectivity index (χ1n) is 7.28. The molecule has 2 aliphatic rings. The van der Waals surface area contributed by atoms with Crippen LogP contribution >= 0.6 is 0 Å². The molecule has 1 amide bonds. The van der Waals surface area contributed by atoms with Crippen molar-refractivity contribution in [2.24, 2.45) is 0 Å². The third-order valence-electron chi connectivity index (χ3n) is 4.72. The van der Waals surface area contributed by atoms with Crippen LogP contribution in [0.5, 0.6) is 0 Å². The molecule has 0 spiro atoms. The minimum atomic E-state index is 0.234. The maximum Gasteiger partial charge on any atom is 0.254 e. The van der Waals surface area contributed by atoms with Gasteiger partial charge in [0, 0.05) is 24.2 Å². The number of hydrogen-bond donors (Lipinski definition) is 1. The number of carbonyl (C=O) groups is 1. The highest BCUT2D eigenvalue weighted by molar-refractivity contribution is 5.96. The summed E-state index contributed by atoms with van der Waals surface area (Å²) in [6.45, 7) is 6.12. The topological polar surface area (TPSA) is 32.3 Å². The molecular weight excluding hydrogens is 236 g/mol. The van der Waals surface area contributed by atoms with Crippen LogP contribution in [0.1, 0.15) is 40.7 Å². The van der Waals surface area contributed by atoms with E-state index in [2.05, 4.69) is 30.1 Å². The summed E-state index contributed by atoms with van der Waals surface area (Å²) in [6, 6.07) is 6.87. The van der Waals surface area contributed by atoms with E-state index in [-0.39, 0.29) is 5.91 Å². The summed E-state index contributed by atoms with van der Waals surface area (Å²) < 4.78 is 0. The highest BCUT2D eigenvalue weighted by Gasteiger charge is 2.38. The molecular formula is C16H22N2O. The average molecular weight is 258 g/mol. The Morgan fingerprint density at radius 3 is 2.84 bits per heavy atom. The quantitative estimate of drug-likeness (QED) is 0.838. The van der Waals surface area contributed by atoms with Gasteiger partial charge in [-0.25, -0.2) is 0 Å². The van der Waals surface area contributed by atoms with Crippen LogP contribution in [0.25, 0.3) is 0 Å². The van der Waals surface area contributed by atoms with E-state index in [0.717, 1.165) is 37.1 Å². The Labute approximate surface area is 115 Å². The van der Waals surface area contributed by atoms with Crippen LogP contribution in [0.4, 0.5) is 0 Å². The lowest BCUT2D eigenvalue weighted by molar-refractivity contribution is 0.0679. The molecule has 1 aromatic rings. The lowest BCUT2D eigenvalue weighted by atomic mass is 10.0. The molecule has 3 nitrogen and oxygen atoms in total. The van der Waals surface area contributed by atoms with Crippen molar-refractivity contribution < 1.29 is 4.79 Å². The lowest BCUT2D eigenvalue weighted by Crippen LogP contribution is -2.42. The summed E-state index contributed by atoms with van der Waals surface area (Å²) in [5.41, 5.74) is 3.22. The molecule has 2 unspecified atom stereocenters. The number of rotatable bonds is 1. The van der Waals surface area contributed by atoms with E-state index in [4.69, 9.17) is 0 Å². The molecule has 2 heterocycles. The number of fused-ring (bicyclic) bond motifs is 2. The van der Waals surface area contributed by atoms with Crippen LogP contribution in [0.3, 0.4) is 0 Å². The number of nitrogens with zero attached hydrogens (tertiary/aromatic N) is 1. The van der Waals surface area contributed by atoms with Crippen LogP contribution in [0.15, 0.2) is 18.2 Å². The largest absolute Gasteiger partial charge is 0.331 e. The molecule has 2 aliphatic heterocycles. The molecule has 0 radical (unpaired) electrons. The van der Waals surface area contributed by atoms with Gasteiger partial charge in [-0.2, -0.15) is 0 Å². The van der Waals surface area contributed by atoms with Crippen LogP contribution in [-0.2, 0) is 0 Å². The van der Waals surface area contributed by atoms with Crippen molar-refractivity contribution in [3.8, 4) is 0 Å². The molecule has 1 N–H and O–H groups in total. The minimum absolute atomic E-state index is 0.234. The third-order valence-corrected chi connectivity index (χ3v) is 4.72. The van der Waals surface area contributed by atoms with Gasteiger partial charge < -0.3 is 10.2 Å². The highest BCUT2D eigenvalue weighted by Crippen LogP contribution is 2.30. The summed E-state index contributed by atoms with van der Waals surface area (Å²) in [4.78, 5) is 15.0. The molecule has 19 heavy (non-hydrogen) atoms. The molecule has 2 fully saturated rings. The minimum Gasteiger partial charge on any atom is -0.331 e. The maximum atomic E-state index is 12.9. The summed E-state index contributed by atoms with van der Waals surface area (Å²) in [7, 11) is 0. The van der Waals surface area contributed by atoms with Crippen LogP contribution in [-0.4, -0.2) is 36.0 Å². The van der Waals surface area contributed by atoms with Gasteiger partial charge in [0.15, 0.2) is 0 Å². The standard InChI is InChI=1S/C16H22N2O/c1-11-4-3-5-15(12(11)2)16(19)18-13-6-7-14(18)10-17-9-8-13/h3-5,13-14,17H,6-10H2,1-2H3. The monoisotopic (exact) mass is 258 g/mol. The molecule has 3 rings (SSSR count). The molecule has 2 saturated heterocycles.